The van der Waals surface area contributed by atoms with Crippen molar-refractivity contribution in [1.29, 1.82) is 5.41 Å². The molecule has 1 aromatic rings. The minimum Gasteiger partial charge on any atom is -0.389 e. The van der Waals surface area contributed by atoms with Gasteiger partial charge in [-0.3, -0.25) is 10.3 Å². The number of nitrogens with zero attached hydrogens (tertiary/aromatic N) is 2. The normalized spacial score (nSPS) is 17.0. The molecule has 0 radical (unpaired) electrons. The summed E-state index contributed by atoms with van der Waals surface area (Å²) in [6.45, 7) is 7.87. The summed E-state index contributed by atoms with van der Waals surface area (Å²) >= 11 is 6.30. The first-order valence-electron chi connectivity index (χ1n) is 7.10. The molecule has 0 amide bonds. The molecule has 0 spiro atoms. The van der Waals surface area contributed by atoms with E-state index in [-0.39, 0.29) is 5.84 Å². The predicted octanol–water partition coefficient (Wildman–Crippen LogP) is 1.52. The lowest BCUT2D eigenvalue weighted by Gasteiger charge is -2.38. The highest BCUT2D eigenvalue weighted by atomic mass is 35.5. The zero-order chi connectivity index (χ0) is 15.6. The van der Waals surface area contributed by atoms with Crippen LogP contribution >= 0.6 is 11.6 Å². The highest BCUT2D eigenvalue weighted by Crippen LogP contribution is 2.28. The van der Waals surface area contributed by atoms with Crippen LogP contribution in [0.25, 0.3) is 0 Å². The van der Waals surface area contributed by atoms with Gasteiger partial charge in [0.2, 0.25) is 0 Å². The average Bonchev–Trinajstić information content (AvgIpc) is 2.38. The maximum atomic E-state index is 9.87. The fourth-order valence-electron chi connectivity index (χ4n) is 2.62. The zero-order valence-corrected chi connectivity index (χ0v) is 13.3. The number of hydrogen-bond acceptors (Lipinski definition) is 4. The summed E-state index contributed by atoms with van der Waals surface area (Å²) in [5.74, 6) is 0.0263. The molecule has 0 atom stereocenters. The molecule has 1 fully saturated rings. The average molecular weight is 311 g/mol. The van der Waals surface area contributed by atoms with Crippen LogP contribution in [-0.4, -0.2) is 54.2 Å². The number of anilines is 1. The summed E-state index contributed by atoms with van der Waals surface area (Å²) in [5, 5.41) is 17.9. The number of hydrogen-bond donors (Lipinski definition) is 3. The van der Waals surface area contributed by atoms with E-state index in [2.05, 4.69) is 9.80 Å². The summed E-state index contributed by atoms with van der Waals surface area (Å²) < 4.78 is 0. The Hall–Kier alpha value is -1.30. The monoisotopic (exact) mass is 310 g/mol. The Morgan fingerprint density at radius 1 is 1.33 bits per heavy atom. The van der Waals surface area contributed by atoms with E-state index in [0.717, 1.165) is 31.9 Å². The molecule has 1 heterocycles. The van der Waals surface area contributed by atoms with Gasteiger partial charge in [0.15, 0.2) is 0 Å². The van der Waals surface area contributed by atoms with Crippen LogP contribution < -0.4 is 10.6 Å². The lowest BCUT2D eigenvalue weighted by Crippen LogP contribution is -2.50. The van der Waals surface area contributed by atoms with Gasteiger partial charge in [0.05, 0.1) is 16.3 Å². The van der Waals surface area contributed by atoms with Crippen LogP contribution in [-0.2, 0) is 0 Å². The van der Waals surface area contributed by atoms with Crippen molar-refractivity contribution in [3.05, 3.63) is 28.8 Å². The molecular formula is C15H23ClN4O. The fourth-order valence-corrected chi connectivity index (χ4v) is 2.93. The number of rotatable bonds is 4. The van der Waals surface area contributed by atoms with Gasteiger partial charge >= 0.3 is 0 Å². The van der Waals surface area contributed by atoms with Gasteiger partial charge in [0.25, 0.3) is 0 Å². The van der Waals surface area contributed by atoms with E-state index in [0.29, 0.717) is 17.1 Å². The third kappa shape index (κ3) is 4.33. The molecule has 0 bridgehead atoms. The lowest BCUT2D eigenvalue weighted by atomic mass is 10.1. The van der Waals surface area contributed by atoms with Crippen molar-refractivity contribution in [1.82, 2.24) is 4.90 Å². The molecule has 0 saturated carbocycles. The van der Waals surface area contributed by atoms with Gasteiger partial charge in [0.1, 0.15) is 5.84 Å². The highest BCUT2D eigenvalue weighted by Gasteiger charge is 2.23. The van der Waals surface area contributed by atoms with Crippen molar-refractivity contribution in [3.63, 3.8) is 0 Å². The van der Waals surface area contributed by atoms with Gasteiger partial charge in [-0.1, -0.05) is 11.6 Å². The molecule has 1 aromatic carbocycles. The van der Waals surface area contributed by atoms with Crippen LogP contribution in [0.4, 0.5) is 5.69 Å². The maximum Gasteiger partial charge on any atom is 0.122 e. The first-order valence-corrected chi connectivity index (χ1v) is 7.48. The van der Waals surface area contributed by atoms with Gasteiger partial charge in [-0.25, -0.2) is 0 Å². The van der Waals surface area contributed by atoms with Gasteiger partial charge < -0.3 is 15.7 Å². The smallest absolute Gasteiger partial charge is 0.122 e. The molecule has 2 rings (SSSR count). The Morgan fingerprint density at radius 2 is 1.95 bits per heavy atom. The van der Waals surface area contributed by atoms with E-state index < -0.39 is 5.60 Å². The minimum absolute atomic E-state index is 0.0263. The number of halogens is 1. The summed E-state index contributed by atoms with van der Waals surface area (Å²) in [5.41, 5.74) is 6.42. The number of β-amino-alcohol motifs (C(OH)–C–C–N with tert-alkyl or cyclic N) is 1. The van der Waals surface area contributed by atoms with Crippen molar-refractivity contribution < 1.29 is 5.11 Å². The lowest BCUT2D eigenvalue weighted by molar-refractivity contribution is 0.0345. The number of piperazine rings is 1. The third-order valence-corrected chi connectivity index (χ3v) is 3.88. The maximum absolute atomic E-state index is 9.87. The molecule has 6 heteroatoms. The van der Waals surface area contributed by atoms with E-state index in [1.165, 1.54) is 0 Å². The zero-order valence-electron chi connectivity index (χ0n) is 12.6. The Kier molecular flexibility index (Phi) is 4.76. The van der Waals surface area contributed by atoms with Crippen LogP contribution in [0, 0.1) is 5.41 Å². The van der Waals surface area contributed by atoms with E-state index in [1.807, 2.05) is 26.0 Å². The standard InChI is InChI=1S/C15H23ClN4O/c1-15(2,21)10-19-5-7-20(8-6-19)13-4-3-11(14(17)18)9-12(13)16/h3-4,9,21H,5-8,10H2,1-2H3,(H3,17,18). The third-order valence-electron chi connectivity index (χ3n) is 3.58. The van der Waals surface area contributed by atoms with Crippen molar-refractivity contribution in [2.45, 2.75) is 19.4 Å². The minimum atomic E-state index is -0.664. The molecule has 1 aliphatic rings. The Labute approximate surface area is 130 Å². The summed E-state index contributed by atoms with van der Waals surface area (Å²) in [6, 6.07) is 5.49. The molecule has 5 nitrogen and oxygen atoms in total. The second-order valence-corrected chi connectivity index (χ2v) is 6.56. The molecule has 1 aliphatic heterocycles. The SMILES string of the molecule is CC(C)(O)CN1CCN(c2ccc(C(=N)N)cc2Cl)CC1. The fraction of sp³-hybridized carbons (Fsp3) is 0.533. The summed E-state index contributed by atoms with van der Waals surface area (Å²) in [6.07, 6.45) is 0. The molecule has 116 valence electrons. The number of benzene rings is 1. The molecular weight excluding hydrogens is 288 g/mol. The van der Waals surface area contributed by atoms with Crippen LogP contribution in [0.5, 0.6) is 0 Å². The molecule has 4 N–H and O–H groups in total. The highest BCUT2D eigenvalue weighted by molar-refractivity contribution is 6.33. The number of amidine groups is 1. The first-order chi connectivity index (χ1) is 9.76. The van der Waals surface area contributed by atoms with Gasteiger partial charge in [0, 0.05) is 38.3 Å². The molecule has 0 aromatic heterocycles. The Balaban J connectivity index is 2.01. The van der Waals surface area contributed by atoms with Gasteiger partial charge in [-0.2, -0.15) is 0 Å². The second kappa shape index (κ2) is 6.22. The number of nitrogens with two attached hydrogens (primary N) is 1. The van der Waals surface area contributed by atoms with Crippen LogP contribution in [0.2, 0.25) is 5.02 Å². The van der Waals surface area contributed by atoms with Crippen LogP contribution in [0.15, 0.2) is 18.2 Å². The van der Waals surface area contributed by atoms with Gasteiger partial charge in [-0.15, -0.1) is 0 Å². The van der Waals surface area contributed by atoms with E-state index in [4.69, 9.17) is 22.7 Å². The van der Waals surface area contributed by atoms with E-state index >= 15 is 0 Å². The molecule has 21 heavy (non-hydrogen) atoms. The Morgan fingerprint density at radius 3 is 2.43 bits per heavy atom. The first kappa shape index (κ1) is 16.1. The van der Waals surface area contributed by atoms with Gasteiger partial charge in [-0.05, 0) is 32.0 Å². The van der Waals surface area contributed by atoms with Crippen molar-refractivity contribution in [2.75, 3.05) is 37.6 Å². The summed E-state index contributed by atoms with van der Waals surface area (Å²) in [7, 11) is 0. The number of aliphatic hydroxyl groups is 1. The second-order valence-electron chi connectivity index (χ2n) is 6.16. The quantitative estimate of drug-likeness (QED) is 0.582. The molecule has 1 saturated heterocycles. The Bertz CT molecular complexity index is 519. The van der Waals surface area contributed by atoms with E-state index in [1.54, 1.807) is 6.07 Å². The largest absolute Gasteiger partial charge is 0.389 e. The topological polar surface area (TPSA) is 76.6 Å². The number of nitrogens with one attached hydrogen (secondary N) is 1. The van der Waals surface area contributed by atoms with Crippen molar-refractivity contribution in [3.8, 4) is 0 Å². The predicted molar refractivity (Wildman–Crippen MR) is 87.4 cm³/mol. The number of nitrogen functional groups attached to an aromatic ring is 1. The summed E-state index contributed by atoms with van der Waals surface area (Å²) in [4.78, 5) is 4.49. The van der Waals surface area contributed by atoms with Crippen LogP contribution in [0.1, 0.15) is 19.4 Å². The van der Waals surface area contributed by atoms with Crippen molar-refractivity contribution in [2.24, 2.45) is 5.73 Å². The molecule has 0 unspecified atom stereocenters. The molecule has 0 aliphatic carbocycles. The van der Waals surface area contributed by atoms with Crippen molar-refractivity contribution >= 4 is 23.1 Å². The van der Waals surface area contributed by atoms with Crippen LogP contribution in [0.3, 0.4) is 0 Å². The van der Waals surface area contributed by atoms with E-state index in [9.17, 15) is 5.11 Å².